The van der Waals surface area contributed by atoms with Crippen molar-refractivity contribution in [2.45, 2.75) is 40.7 Å². The lowest BCUT2D eigenvalue weighted by Crippen LogP contribution is -2.12. The molecule has 0 aliphatic carbocycles. The monoisotopic (exact) mass is 327 g/mol. The zero-order valence-electron chi connectivity index (χ0n) is 14.8. The smallest absolute Gasteiger partial charge is 0.224 e. The van der Waals surface area contributed by atoms with Gasteiger partial charge in [-0.2, -0.15) is 0 Å². The number of benzene rings is 2. The molecule has 1 N–H and O–H groups in total. The van der Waals surface area contributed by atoms with Crippen LogP contribution in [0.25, 0.3) is 0 Å². The number of carbonyl (C=O) groups is 1. The Bertz CT molecular complexity index is 710. The number of rotatable bonds is 7. The molecule has 0 radical (unpaired) electrons. The molecular formula is C20H25NO3. The van der Waals surface area contributed by atoms with E-state index in [9.17, 15) is 4.79 Å². The molecule has 0 aromatic heterocycles. The standard InChI is InChI=1S/C20H25NO3/c1-5-20(22)21-18-12-17(23-6-2)9-8-16(18)13-24-19-10-7-14(3)11-15(19)4/h7-12H,5-6,13H2,1-4H3,(H,21,22). The number of nitrogens with one attached hydrogen (secondary N) is 1. The Balaban J connectivity index is 2.19. The normalized spacial score (nSPS) is 10.3. The predicted molar refractivity (Wildman–Crippen MR) is 96.8 cm³/mol. The largest absolute Gasteiger partial charge is 0.494 e. The van der Waals surface area contributed by atoms with E-state index < -0.39 is 0 Å². The molecule has 0 aliphatic heterocycles. The van der Waals surface area contributed by atoms with E-state index in [1.165, 1.54) is 5.56 Å². The van der Waals surface area contributed by atoms with Crippen LogP contribution < -0.4 is 14.8 Å². The van der Waals surface area contributed by atoms with Crippen LogP contribution >= 0.6 is 0 Å². The van der Waals surface area contributed by atoms with Gasteiger partial charge in [-0.15, -0.1) is 0 Å². The first-order chi connectivity index (χ1) is 11.5. The summed E-state index contributed by atoms with van der Waals surface area (Å²) in [5.41, 5.74) is 3.95. The highest BCUT2D eigenvalue weighted by Crippen LogP contribution is 2.26. The number of carbonyl (C=O) groups excluding carboxylic acids is 1. The van der Waals surface area contributed by atoms with Gasteiger partial charge in [0.1, 0.15) is 18.1 Å². The summed E-state index contributed by atoms with van der Waals surface area (Å²) >= 11 is 0. The summed E-state index contributed by atoms with van der Waals surface area (Å²) in [4.78, 5) is 11.8. The molecule has 0 unspecified atom stereocenters. The molecule has 24 heavy (non-hydrogen) atoms. The van der Waals surface area contributed by atoms with Crippen molar-refractivity contribution in [3.8, 4) is 11.5 Å². The Morgan fingerprint density at radius 3 is 2.50 bits per heavy atom. The number of hydrogen-bond donors (Lipinski definition) is 1. The van der Waals surface area contributed by atoms with Gasteiger partial charge >= 0.3 is 0 Å². The van der Waals surface area contributed by atoms with Crippen LogP contribution in [0.4, 0.5) is 5.69 Å². The van der Waals surface area contributed by atoms with Gasteiger partial charge in [0.05, 0.1) is 12.3 Å². The molecule has 1 amide bonds. The highest BCUT2D eigenvalue weighted by Gasteiger charge is 2.09. The zero-order valence-corrected chi connectivity index (χ0v) is 14.8. The summed E-state index contributed by atoms with van der Waals surface area (Å²) in [5.74, 6) is 1.55. The summed E-state index contributed by atoms with van der Waals surface area (Å²) in [7, 11) is 0. The van der Waals surface area contributed by atoms with Crippen LogP contribution in [0.3, 0.4) is 0 Å². The molecule has 2 aromatic rings. The van der Waals surface area contributed by atoms with Gasteiger partial charge in [0, 0.05) is 18.1 Å². The fraction of sp³-hybridized carbons (Fsp3) is 0.350. The Kier molecular flexibility index (Phi) is 6.24. The van der Waals surface area contributed by atoms with E-state index in [1.807, 2.05) is 51.1 Å². The SMILES string of the molecule is CCOc1ccc(COc2ccc(C)cc2C)c(NC(=O)CC)c1. The van der Waals surface area contributed by atoms with Crippen molar-refractivity contribution in [1.29, 1.82) is 0 Å². The molecule has 0 atom stereocenters. The van der Waals surface area contributed by atoms with E-state index in [0.29, 0.717) is 19.6 Å². The Labute approximate surface area is 143 Å². The minimum atomic E-state index is -0.0311. The lowest BCUT2D eigenvalue weighted by atomic mass is 10.1. The molecule has 128 valence electrons. The second-order valence-corrected chi connectivity index (χ2v) is 5.71. The van der Waals surface area contributed by atoms with Crippen molar-refractivity contribution >= 4 is 11.6 Å². The molecule has 0 saturated carbocycles. The fourth-order valence-corrected chi connectivity index (χ4v) is 2.41. The van der Waals surface area contributed by atoms with Gasteiger partial charge in [-0.25, -0.2) is 0 Å². The van der Waals surface area contributed by atoms with Crippen molar-refractivity contribution in [3.05, 3.63) is 53.1 Å². The van der Waals surface area contributed by atoms with Crippen LogP contribution in [0, 0.1) is 13.8 Å². The van der Waals surface area contributed by atoms with Crippen molar-refractivity contribution in [2.75, 3.05) is 11.9 Å². The third kappa shape index (κ3) is 4.75. The highest BCUT2D eigenvalue weighted by atomic mass is 16.5. The van der Waals surface area contributed by atoms with E-state index in [2.05, 4.69) is 18.3 Å². The van der Waals surface area contributed by atoms with Gasteiger partial charge in [0.15, 0.2) is 0 Å². The number of anilines is 1. The second-order valence-electron chi connectivity index (χ2n) is 5.71. The van der Waals surface area contributed by atoms with Crippen molar-refractivity contribution in [1.82, 2.24) is 0 Å². The second kappa shape index (κ2) is 8.39. The van der Waals surface area contributed by atoms with E-state index in [-0.39, 0.29) is 5.91 Å². The molecule has 4 nitrogen and oxygen atoms in total. The lowest BCUT2D eigenvalue weighted by Gasteiger charge is -2.15. The molecule has 0 heterocycles. The molecule has 0 fully saturated rings. The van der Waals surface area contributed by atoms with Gasteiger partial charge in [-0.05, 0) is 44.5 Å². The number of ether oxygens (including phenoxy) is 2. The van der Waals surface area contributed by atoms with E-state index in [0.717, 1.165) is 28.3 Å². The molecule has 2 aromatic carbocycles. The first-order valence-electron chi connectivity index (χ1n) is 8.29. The minimum Gasteiger partial charge on any atom is -0.494 e. The van der Waals surface area contributed by atoms with Gasteiger partial charge in [-0.1, -0.05) is 24.6 Å². The van der Waals surface area contributed by atoms with E-state index in [1.54, 1.807) is 0 Å². The molecule has 2 rings (SSSR count). The van der Waals surface area contributed by atoms with Crippen molar-refractivity contribution in [3.63, 3.8) is 0 Å². The van der Waals surface area contributed by atoms with E-state index >= 15 is 0 Å². The molecule has 0 bridgehead atoms. The van der Waals surface area contributed by atoms with Crippen LogP contribution in [-0.2, 0) is 11.4 Å². The Hall–Kier alpha value is -2.49. The zero-order chi connectivity index (χ0) is 17.5. The summed E-state index contributed by atoms with van der Waals surface area (Å²) < 4.78 is 11.5. The third-order valence-electron chi connectivity index (χ3n) is 3.70. The van der Waals surface area contributed by atoms with Gasteiger partial charge < -0.3 is 14.8 Å². The Morgan fingerprint density at radius 1 is 1.04 bits per heavy atom. The minimum absolute atomic E-state index is 0.0311. The van der Waals surface area contributed by atoms with Gasteiger partial charge in [0.25, 0.3) is 0 Å². The van der Waals surface area contributed by atoms with Crippen LogP contribution in [-0.4, -0.2) is 12.5 Å². The summed E-state index contributed by atoms with van der Waals surface area (Å²) in [6.45, 7) is 8.81. The average Bonchev–Trinajstić information content (AvgIpc) is 2.55. The number of aryl methyl sites for hydroxylation is 2. The quantitative estimate of drug-likeness (QED) is 0.806. The predicted octanol–water partition coefficient (Wildman–Crippen LogP) is 4.63. The van der Waals surface area contributed by atoms with Crippen LogP contribution in [0.1, 0.15) is 37.0 Å². The third-order valence-corrected chi connectivity index (χ3v) is 3.70. The maximum Gasteiger partial charge on any atom is 0.224 e. The maximum absolute atomic E-state index is 11.8. The van der Waals surface area contributed by atoms with E-state index in [4.69, 9.17) is 9.47 Å². The fourth-order valence-electron chi connectivity index (χ4n) is 2.41. The average molecular weight is 327 g/mol. The van der Waals surface area contributed by atoms with Crippen molar-refractivity contribution < 1.29 is 14.3 Å². The topological polar surface area (TPSA) is 47.6 Å². The molecule has 0 saturated heterocycles. The Morgan fingerprint density at radius 2 is 1.83 bits per heavy atom. The molecular weight excluding hydrogens is 302 g/mol. The summed E-state index contributed by atoms with van der Waals surface area (Å²) in [5, 5.41) is 2.92. The maximum atomic E-state index is 11.8. The number of amides is 1. The van der Waals surface area contributed by atoms with Gasteiger partial charge in [0.2, 0.25) is 5.91 Å². The summed E-state index contributed by atoms with van der Waals surface area (Å²) in [6.07, 6.45) is 0.427. The lowest BCUT2D eigenvalue weighted by molar-refractivity contribution is -0.115. The van der Waals surface area contributed by atoms with Crippen LogP contribution in [0.15, 0.2) is 36.4 Å². The summed E-state index contributed by atoms with van der Waals surface area (Å²) in [6, 6.07) is 11.8. The molecule has 0 spiro atoms. The highest BCUT2D eigenvalue weighted by molar-refractivity contribution is 5.91. The van der Waals surface area contributed by atoms with Gasteiger partial charge in [-0.3, -0.25) is 4.79 Å². The first kappa shape index (κ1) is 17.9. The van der Waals surface area contributed by atoms with Crippen molar-refractivity contribution in [2.24, 2.45) is 0 Å². The van der Waals surface area contributed by atoms with Crippen LogP contribution in [0.2, 0.25) is 0 Å². The van der Waals surface area contributed by atoms with Crippen LogP contribution in [0.5, 0.6) is 11.5 Å². The number of hydrogen-bond acceptors (Lipinski definition) is 3. The molecule has 0 aliphatic rings. The first-order valence-corrected chi connectivity index (χ1v) is 8.29. The molecule has 4 heteroatoms.